The summed E-state index contributed by atoms with van der Waals surface area (Å²) in [5, 5.41) is 4.47. The van der Waals surface area contributed by atoms with Crippen LogP contribution in [0.3, 0.4) is 0 Å². The van der Waals surface area contributed by atoms with Crippen molar-refractivity contribution in [1.82, 2.24) is 4.98 Å². The van der Waals surface area contributed by atoms with Crippen LogP contribution >= 0.6 is 11.6 Å². The number of anilines is 1. The van der Waals surface area contributed by atoms with Crippen LogP contribution in [-0.2, 0) is 0 Å². The van der Waals surface area contributed by atoms with Gasteiger partial charge in [0.05, 0.1) is 12.8 Å². The molecule has 0 fully saturated rings. The van der Waals surface area contributed by atoms with Crippen LogP contribution in [0.2, 0.25) is 5.02 Å². The van der Waals surface area contributed by atoms with Gasteiger partial charge in [-0.1, -0.05) is 23.7 Å². The smallest absolute Gasteiger partial charge is 0.272 e. The number of carbonyl (C=O) groups is 1. The number of benzene rings is 2. The summed E-state index contributed by atoms with van der Waals surface area (Å²) in [6.45, 7) is 3.89. The first-order chi connectivity index (χ1) is 11.0. The lowest BCUT2D eigenvalue weighted by molar-refractivity contribution is 0.102. The zero-order chi connectivity index (χ0) is 16.6. The number of fused-ring (bicyclic) bond motifs is 1. The van der Waals surface area contributed by atoms with Crippen molar-refractivity contribution < 1.29 is 9.53 Å². The Hall–Kier alpha value is -2.46. The topological polar surface area (TPSA) is 54.1 Å². The van der Waals surface area contributed by atoms with Crippen molar-refractivity contribution in [3.05, 3.63) is 58.2 Å². The van der Waals surface area contributed by atoms with E-state index < -0.39 is 0 Å². The molecule has 1 heterocycles. The van der Waals surface area contributed by atoms with Crippen molar-refractivity contribution in [1.29, 1.82) is 0 Å². The number of methoxy groups -OCH3 is 1. The van der Waals surface area contributed by atoms with Crippen LogP contribution in [0, 0.1) is 13.8 Å². The maximum absolute atomic E-state index is 12.5. The second-order valence-corrected chi connectivity index (χ2v) is 5.94. The Balaban J connectivity index is 1.93. The Kier molecular flexibility index (Phi) is 4.01. The maximum atomic E-state index is 12.5. The van der Waals surface area contributed by atoms with Crippen molar-refractivity contribution in [2.24, 2.45) is 0 Å². The largest absolute Gasteiger partial charge is 0.495 e. The number of hydrogen-bond acceptors (Lipinski definition) is 2. The molecule has 0 saturated carbocycles. The van der Waals surface area contributed by atoms with Crippen LogP contribution in [-0.4, -0.2) is 18.0 Å². The maximum Gasteiger partial charge on any atom is 0.272 e. The van der Waals surface area contributed by atoms with Crippen LogP contribution in [0.1, 0.15) is 21.6 Å². The highest BCUT2D eigenvalue weighted by Crippen LogP contribution is 2.31. The summed E-state index contributed by atoms with van der Waals surface area (Å²) >= 11 is 6.09. The Morgan fingerprint density at radius 3 is 2.70 bits per heavy atom. The lowest BCUT2D eigenvalue weighted by atomic mass is 10.2. The normalized spacial score (nSPS) is 10.8. The van der Waals surface area contributed by atoms with E-state index in [1.807, 2.05) is 38.1 Å². The van der Waals surface area contributed by atoms with E-state index in [1.165, 1.54) is 0 Å². The second-order valence-electron chi connectivity index (χ2n) is 5.53. The van der Waals surface area contributed by atoms with E-state index in [2.05, 4.69) is 10.3 Å². The Morgan fingerprint density at radius 2 is 1.96 bits per heavy atom. The Labute approximate surface area is 139 Å². The van der Waals surface area contributed by atoms with Crippen molar-refractivity contribution in [3.63, 3.8) is 0 Å². The van der Waals surface area contributed by atoms with Gasteiger partial charge in [-0.15, -0.1) is 0 Å². The highest BCUT2D eigenvalue weighted by atomic mass is 35.5. The first-order valence-corrected chi connectivity index (χ1v) is 7.60. The van der Waals surface area contributed by atoms with Gasteiger partial charge in [-0.3, -0.25) is 4.79 Å². The molecule has 3 rings (SSSR count). The molecule has 0 aliphatic rings. The third kappa shape index (κ3) is 3.03. The molecule has 4 nitrogen and oxygen atoms in total. The lowest BCUT2D eigenvalue weighted by Gasteiger charge is -2.11. The minimum Gasteiger partial charge on any atom is -0.495 e. The number of nitrogens with one attached hydrogen (secondary N) is 2. The van der Waals surface area contributed by atoms with E-state index in [0.717, 1.165) is 22.0 Å². The summed E-state index contributed by atoms with van der Waals surface area (Å²) in [5.41, 5.74) is 4.04. The number of amides is 1. The standard InChI is InChI=1S/C18H17ClN2O2/c1-10-4-5-12-8-16(20-14(12)6-10)18(22)21-15-7-11(2)13(19)9-17(15)23-3/h4-9,20H,1-3H3,(H,21,22). The highest BCUT2D eigenvalue weighted by Gasteiger charge is 2.14. The minimum atomic E-state index is -0.223. The molecule has 0 aliphatic heterocycles. The number of carbonyl (C=O) groups excluding carboxylic acids is 1. The van der Waals surface area contributed by atoms with Gasteiger partial charge in [0.2, 0.25) is 0 Å². The highest BCUT2D eigenvalue weighted by molar-refractivity contribution is 6.31. The first kappa shape index (κ1) is 15.4. The molecule has 1 amide bonds. The fourth-order valence-electron chi connectivity index (χ4n) is 2.48. The van der Waals surface area contributed by atoms with Crippen LogP contribution in [0.15, 0.2) is 36.4 Å². The van der Waals surface area contributed by atoms with Gasteiger partial charge in [0, 0.05) is 22.0 Å². The van der Waals surface area contributed by atoms with Gasteiger partial charge in [0.1, 0.15) is 11.4 Å². The average Bonchev–Trinajstić information content (AvgIpc) is 2.93. The van der Waals surface area contributed by atoms with Gasteiger partial charge in [-0.05, 0) is 43.2 Å². The van der Waals surface area contributed by atoms with Gasteiger partial charge >= 0.3 is 0 Å². The summed E-state index contributed by atoms with van der Waals surface area (Å²) in [5.74, 6) is 0.305. The van der Waals surface area contributed by atoms with E-state index in [0.29, 0.717) is 22.2 Å². The second kappa shape index (κ2) is 5.97. The monoisotopic (exact) mass is 328 g/mol. The molecule has 118 valence electrons. The molecule has 0 atom stereocenters. The van der Waals surface area contributed by atoms with Gasteiger partial charge in [0.15, 0.2) is 0 Å². The summed E-state index contributed by atoms with van der Waals surface area (Å²) in [6.07, 6.45) is 0. The molecule has 23 heavy (non-hydrogen) atoms. The van der Waals surface area contributed by atoms with Crippen molar-refractivity contribution in [2.75, 3.05) is 12.4 Å². The third-order valence-corrected chi connectivity index (χ3v) is 4.16. The van der Waals surface area contributed by atoms with Gasteiger partial charge < -0.3 is 15.0 Å². The third-order valence-electron chi connectivity index (χ3n) is 3.75. The van der Waals surface area contributed by atoms with E-state index in [4.69, 9.17) is 16.3 Å². The molecule has 0 spiro atoms. The molecule has 0 unspecified atom stereocenters. The number of rotatable bonds is 3. The van der Waals surface area contributed by atoms with Crippen molar-refractivity contribution >= 4 is 34.1 Å². The quantitative estimate of drug-likeness (QED) is 0.732. The first-order valence-electron chi connectivity index (χ1n) is 7.23. The van der Waals surface area contributed by atoms with Crippen LogP contribution < -0.4 is 10.1 Å². The van der Waals surface area contributed by atoms with Gasteiger partial charge in [0.25, 0.3) is 5.91 Å². The fraction of sp³-hybridized carbons (Fsp3) is 0.167. The fourth-order valence-corrected chi connectivity index (χ4v) is 2.64. The van der Waals surface area contributed by atoms with E-state index in [1.54, 1.807) is 19.2 Å². The van der Waals surface area contributed by atoms with E-state index in [9.17, 15) is 4.79 Å². The van der Waals surface area contributed by atoms with E-state index >= 15 is 0 Å². The number of aryl methyl sites for hydroxylation is 2. The van der Waals surface area contributed by atoms with Gasteiger partial charge in [-0.2, -0.15) is 0 Å². The molecule has 1 aromatic heterocycles. The Bertz CT molecular complexity index is 899. The molecule has 5 heteroatoms. The summed E-state index contributed by atoms with van der Waals surface area (Å²) in [4.78, 5) is 15.6. The zero-order valence-electron chi connectivity index (χ0n) is 13.2. The summed E-state index contributed by atoms with van der Waals surface area (Å²) in [7, 11) is 1.54. The molecule has 0 saturated heterocycles. The molecule has 2 N–H and O–H groups in total. The molecule has 0 radical (unpaired) electrons. The zero-order valence-corrected chi connectivity index (χ0v) is 13.9. The molecule has 3 aromatic rings. The predicted octanol–water partition coefficient (Wildman–Crippen LogP) is 4.70. The van der Waals surface area contributed by atoms with Crippen LogP contribution in [0.4, 0.5) is 5.69 Å². The summed E-state index contributed by atoms with van der Waals surface area (Å²) < 4.78 is 5.28. The minimum absolute atomic E-state index is 0.223. The number of aromatic nitrogens is 1. The molecule has 0 aliphatic carbocycles. The lowest BCUT2D eigenvalue weighted by Crippen LogP contribution is -2.13. The number of H-pyrrole nitrogens is 1. The molecule has 2 aromatic carbocycles. The number of ether oxygens (including phenoxy) is 1. The number of aromatic amines is 1. The number of hydrogen-bond donors (Lipinski definition) is 2. The molecular weight excluding hydrogens is 312 g/mol. The van der Waals surface area contributed by atoms with Crippen LogP contribution in [0.5, 0.6) is 5.75 Å². The van der Waals surface area contributed by atoms with E-state index in [-0.39, 0.29) is 5.91 Å². The van der Waals surface area contributed by atoms with Gasteiger partial charge in [-0.25, -0.2) is 0 Å². The SMILES string of the molecule is COc1cc(Cl)c(C)cc1NC(=O)c1cc2ccc(C)cc2[nH]1. The molecular formula is C18H17ClN2O2. The van der Waals surface area contributed by atoms with Crippen molar-refractivity contribution in [3.8, 4) is 5.75 Å². The molecule has 0 bridgehead atoms. The predicted molar refractivity (Wildman–Crippen MR) is 93.7 cm³/mol. The average molecular weight is 329 g/mol. The van der Waals surface area contributed by atoms with Crippen LogP contribution in [0.25, 0.3) is 10.9 Å². The van der Waals surface area contributed by atoms with Crippen molar-refractivity contribution in [2.45, 2.75) is 13.8 Å². The number of halogens is 1. The summed E-state index contributed by atoms with van der Waals surface area (Å²) in [6, 6.07) is 11.3. The Morgan fingerprint density at radius 1 is 1.17 bits per heavy atom.